The Bertz CT molecular complexity index is 903. The van der Waals surface area contributed by atoms with Crippen molar-refractivity contribution in [2.45, 2.75) is 17.7 Å². The normalized spacial score (nSPS) is 15.7. The molecule has 0 atom stereocenters. The van der Waals surface area contributed by atoms with Crippen LogP contribution in [0.15, 0.2) is 50.2 Å². The third-order valence-corrected chi connectivity index (χ3v) is 7.27. The number of halogens is 1. The number of amides is 1. The number of hydrogen-bond acceptors (Lipinski definition) is 5. The molecule has 1 amide bonds. The zero-order valence-corrected chi connectivity index (χ0v) is 16.4. The minimum Gasteiger partial charge on any atom is -0.267 e. The molecule has 0 unspecified atom stereocenters. The lowest BCUT2D eigenvalue weighted by atomic mass is 10.2. The van der Waals surface area contributed by atoms with Crippen LogP contribution in [0, 0.1) is 0 Å². The van der Waals surface area contributed by atoms with Crippen molar-refractivity contribution < 1.29 is 13.2 Å². The van der Waals surface area contributed by atoms with Crippen molar-refractivity contribution >= 4 is 49.4 Å². The van der Waals surface area contributed by atoms with Gasteiger partial charge in [0.1, 0.15) is 0 Å². The first-order valence-electron chi connectivity index (χ1n) is 7.64. The largest absolute Gasteiger partial charge is 0.271 e. The number of sulfonamides is 1. The van der Waals surface area contributed by atoms with Crippen LogP contribution in [0.4, 0.5) is 0 Å². The summed E-state index contributed by atoms with van der Waals surface area (Å²) in [5.74, 6) is -0.453. The van der Waals surface area contributed by atoms with Crippen molar-refractivity contribution in [1.29, 1.82) is 0 Å². The fourth-order valence-corrected chi connectivity index (χ4v) is 5.36. The van der Waals surface area contributed by atoms with E-state index in [4.69, 9.17) is 0 Å². The summed E-state index contributed by atoms with van der Waals surface area (Å²) in [5, 5.41) is 5.82. The lowest BCUT2D eigenvalue weighted by Gasteiger charge is -2.15. The second kappa shape index (κ2) is 7.77. The Labute approximate surface area is 158 Å². The van der Waals surface area contributed by atoms with E-state index in [1.807, 2.05) is 11.4 Å². The van der Waals surface area contributed by atoms with E-state index in [2.05, 4.69) is 26.5 Å². The number of hydrogen-bond donors (Lipinski definition) is 1. The Morgan fingerprint density at radius 3 is 2.72 bits per heavy atom. The zero-order valence-electron chi connectivity index (χ0n) is 13.2. The van der Waals surface area contributed by atoms with Crippen LogP contribution in [0.3, 0.4) is 0 Å². The summed E-state index contributed by atoms with van der Waals surface area (Å²) in [6.07, 6.45) is 3.28. The number of nitrogens with zero attached hydrogens (tertiary/aromatic N) is 2. The van der Waals surface area contributed by atoms with E-state index < -0.39 is 15.9 Å². The van der Waals surface area contributed by atoms with Crippen molar-refractivity contribution in [2.24, 2.45) is 5.10 Å². The van der Waals surface area contributed by atoms with Crippen LogP contribution in [0.5, 0.6) is 0 Å². The lowest BCUT2D eigenvalue weighted by molar-refractivity contribution is 0.0955. The van der Waals surface area contributed by atoms with Crippen LogP contribution in [0.1, 0.15) is 28.1 Å². The minimum atomic E-state index is -3.54. The highest BCUT2D eigenvalue weighted by atomic mass is 79.9. The number of thiophene rings is 1. The molecule has 3 rings (SSSR count). The highest BCUT2D eigenvalue weighted by Crippen LogP contribution is 2.21. The van der Waals surface area contributed by atoms with Crippen LogP contribution in [-0.2, 0) is 10.0 Å². The molecule has 2 aromatic rings. The molecular weight excluding hydrogens is 426 g/mol. The number of carbonyl (C=O) groups excluding carboxylic acids is 1. The molecule has 1 N–H and O–H groups in total. The van der Waals surface area contributed by atoms with E-state index >= 15 is 0 Å². The van der Waals surface area contributed by atoms with Gasteiger partial charge in [-0.25, -0.2) is 13.8 Å². The van der Waals surface area contributed by atoms with Gasteiger partial charge in [-0.3, -0.25) is 4.79 Å². The second-order valence-electron chi connectivity index (χ2n) is 5.51. The van der Waals surface area contributed by atoms with Crippen molar-refractivity contribution in [3.8, 4) is 0 Å². The summed E-state index contributed by atoms with van der Waals surface area (Å²) in [7, 11) is -3.54. The van der Waals surface area contributed by atoms with Gasteiger partial charge < -0.3 is 0 Å². The summed E-state index contributed by atoms with van der Waals surface area (Å²) in [4.78, 5) is 13.2. The van der Waals surface area contributed by atoms with Gasteiger partial charge in [-0.05, 0) is 53.0 Å². The molecule has 0 spiro atoms. The average Bonchev–Trinajstić information content (AvgIpc) is 3.27. The van der Waals surface area contributed by atoms with Gasteiger partial charge >= 0.3 is 0 Å². The van der Waals surface area contributed by atoms with Gasteiger partial charge in [0.05, 0.1) is 11.1 Å². The predicted octanol–water partition coefficient (Wildman–Crippen LogP) is 3.06. The molecule has 1 aromatic carbocycles. The van der Waals surface area contributed by atoms with E-state index in [0.717, 1.165) is 22.2 Å². The van der Waals surface area contributed by atoms with Crippen LogP contribution in [0.25, 0.3) is 0 Å². The van der Waals surface area contributed by atoms with Crippen molar-refractivity contribution in [3.05, 3.63) is 50.6 Å². The molecule has 0 aliphatic carbocycles. The summed E-state index contributed by atoms with van der Waals surface area (Å²) >= 11 is 4.83. The van der Waals surface area contributed by atoms with E-state index in [1.54, 1.807) is 12.1 Å². The SMILES string of the molecule is O=C(N/N=C/c1cc(Br)cs1)c1cccc(S(=O)(=O)N2CCCC2)c1. The summed E-state index contributed by atoms with van der Waals surface area (Å²) < 4.78 is 27.5. The Morgan fingerprint density at radius 1 is 1.28 bits per heavy atom. The van der Waals surface area contributed by atoms with Crippen molar-refractivity contribution in [2.75, 3.05) is 13.1 Å². The van der Waals surface area contributed by atoms with Gasteiger partial charge in [0.15, 0.2) is 0 Å². The van der Waals surface area contributed by atoms with Gasteiger partial charge in [0.25, 0.3) is 5.91 Å². The molecule has 0 radical (unpaired) electrons. The van der Waals surface area contributed by atoms with E-state index in [0.29, 0.717) is 13.1 Å². The molecule has 2 heterocycles. The highest BCUT2D eigenvalue weighted by molar-refractivity contribution is 9.10. The molecule has 132 valence electrons. The molecule has 9 heteroatoms. The van der Waals surface area contributed by atoms with Crippen LogP contribution < -0.4 is 5.43 Å². The molecule has 1 fully saturated rings. The van der Waals surface area contributed by atoms with Gasteiger partial charge in [-0.1, -0.05) is 6.07 Å². The van der Waals surface area contributed by atoms with Crippen LogP contribution in [-0.4, -0.2) is 37.9 Å². The molecule has 0 saturated carbocycles. The van der Waals surface area contributed by atoms with Gasteiger partial charge in [-0.2, -0.15) is 9.41 Å². The van der Waals surface area contributed by atoms with Gasteiger partial charge in [-0.15, -0.1) is 11.3 Å². The summed E-state index contributed by atoms with van der Waals surface area (Å²) in [6, 6.07) is 7.91. The Kier molecular flexibility index (Phi) is 5.67. The lowest BCUT2D eigenvalue weighted by Crippen LogP contribution is -2.28. The molecule has 1 aromatic heterocycles. The zero-order chi connectivity index (χ0) is 17.9. The van der Waals surface area contributed by atoms with Crippen molar-refractivity contribution in [1.82, 2.24) is 9.73 Å². The van der Waals surface area contributed by atoms with Gasteiger partial charge in [0, 0.05) is 33.4 Å². The Balaban J connectivity index is 1.72. The minimum absolute atomic E-state index is 0.133. The standard InChI is InChI=1S/C16H16BrN3O3S2/c17-13-9-14(24-11-13)10-18-19-16(21)12-4-3-5-15(8-12)25(22,23)20-6-1-2-7-20/h3-5,8-11H,1-2,6-7H2,(H,19,21)/b18-10+. The van der Waals surface area contributed by atoms with E-state index in [1.165, 1.54) is 34.0 Å². The maximum absolute atomic E-state index is 12.6. The molecule has 1 aliphatic rings. The van der Waals surface area contributed by atoms with E-state index in [9.17, 15) is 13.2 Å². The van der Waals surface area contributed by atoms with Crippen LogP contribution in [0.2, 0.25) is 0 Å². The number of hydrazone groups is 1. The highest BCUT2D eigenvalue weighted by Gasteiger charge is 2.27. The first kappa shape index (κ1) is 18.2. The number of carbonyl (C=O) groups is 1. The quantitative estimate of drug-likeness (QED) is 0.571. The molecular formula is C16H16BrN3O3S2. The first-order valence-corrected chi connectivity index (χ1v) is 10.8. The number of benzene rings is 1. The Hall–Kier alpha value is -1.55. The third-order valence-electron chi connectivity index (χ3n) is 3.74. The molecule has 1 saturated heterocycles. The first-order chi connectivity index (χ1) is 12.0. The topological polar surface area (TPSA) is 78.8 Å². The smallest absolute Gasteiger partial charge is 0.267 e. The Morgan fingerprint density at radius 2 is 2.04 bits per heavy atom. The predicted molar refractivity (Wildman–Crippen MR) is 102 cm³/mol. The maximum Gasteiger partial charge on any atom is 0.271 e. The van der Waals surface area contributed by atoms with Gasteiger partial charge in [0.2, 0.25) is 10.0 Å². The maximum atomic E-state index is 12.6. The molecule has 6 nitrogen and oxygen atoms in total. The molecule has 25 heavy (non-hydrogen) atoms. The van der Waals surface area contributed by atoms with Crippen LogP contribution >= 0.6 is 27.3 Å². The number of rotatable bonds is 5. The molecule has 1 aliphatic heterocycles. The summed E-state index contributed by atoms with van der Waals surface area (Å²) in [6.45, 7) is 1.05. The van der Waals surface area contributed by atoms with E-state index in [-0.39, 0.29) is 10.5 Å². The number of nitrogens with one attached hydrogen (secondary N) is 1. The monoisotopic (exact) mass is 441 g/mol. The second-order valence-corrected chi connectivity index (χ2v) is 9.30. The fourth-order valence-electron chi connectivity index (χ4n) is 2.49. The molecule has 0 bridgehead atoms. The third kappa shape index (κ3) is 4.35. The fraction of sp³-hybridized carbons (Fsp3) is 0.250. The van der Waals surface area contributed by atoms with Crippen molar-refractivity contribution in [3.63, 3.8) is 0 Å². The average molecular weight is 442 g/mol. The summed E-state index contributed by atoms with van der Waals surface area (Å²) in [5.41, 5.74) is 2.67.